The summed E-state index contributed by atoms with van der Waals surface area (Å²) in [5.74, 6) is 0.837. The largest absolute Gasteiger partial charge is 0.507 e. The van der Waals surface area contributed by atoms with E-state index < -0.39 is 0 Å². The van der Waals surface area contributed by atoms with Crippen LogP contribution in [0.3, 0.4) is 0 Å². The fourth-order valence-corrected chi connectivity index (χ4v) is 2.28. The van der Waals surface area contributed by atoms with Crippen molar-refractivity contribution in [3.63, 3.8) is 0 Å². The zero-order chi connectivity index (χ0) is 11.6. The SMILES string of the molecule is Cc1ccc(Br)c([C@H](N)CC(C)C)c1O.Cl. The van der Waals surface area contributed by atoms with Gasteiger partial charge in [0.05, 0.1) is 0 Å². The minimum Gasteiger partial charge on any atom is -0.507 e. The van der Waals surface area contributed by atoms with E-state index in [1.807, 2.05) is 19.1 Å². The molecule has 1 aromatic carbocycles. The molecule has 0 bridgehead atoms. The first-order valence-corrected chi connectivity index (χ1v) is 5.96. The molecular formula is C12H19BrClNO. The Hall–Kier alpha value is -0.250. The lowest BCUT2D eigenvalue weighted by Crippen LogP contribution is -2.14. The number of halogens is 2. The summed E-state index contributed by atoms with van der Waals surface area (Å²) in [6.45, 7) is 6.13. The fourth-order valence-electron chi connectivity index (χ4n) is 1.67. The van der Waals surface area contributed by atoms with E-state index in [2.05, 4.69) is 29.8 Å². The standard InChI is InChI=1S/C12H18BrNO.ClH/c1-7(2)6-10(14)11-9(13)5-4-8(3)12(11)15;/h4-5,7,10,15H,6,14H2,1-3H3;1H/t10-;/m1./s1. The molecule has 2 nitrogen and oxygen atoms in total. The van der Waals surface area contributed by atoms with Crippen molar-refractivity contribution in [2.24, 2.45) is 11.7 Å². The first-order chi connectivity index (χ1) is 6.93. The monoisotopic (exact) mass is 307 g/mol. The number of nitrogens with two attached hydrogens (primary N) is 1. The van der Waals surface area contributed by atoms with E-state index in [0.717, 1.165) is 22.0 Å². The average molecular weight is 309 g/mol. The lowest BCUT2D eigenvalue weighted by atomic mass is 9.96. The van der Waals surface area contributed by atoms with Gasteiger partial charge in [0.2, 0.25) is 0 Å². The zero-order valence-corrected chi connectivity index (χ0v) is 12.2. The highest BCUT2D eigenvalue weighted by Gasteiger charge is 2.17. The molecule has 92 valence electrons. The second-order valence-electron chi connectivity index (χ2n) is 4.36. The number of aromatic hydroxyl groups is 1. The van der Waals surface area contributed by atoms with Crippen molar-refractivity contribution in [1.29, 1.82) is 0 Å². The van der Waals surface area contributed by atoms with Crippen LogP contribution in [0.15, 0.2) is 16.6 Å². The number of hydrogen-bond donors (Lipinski definition) is 2. The third kappa shape index (κ3) is 3.65. The molecular weight excluding hydrogens is 289 g/mol. The van der Waals surface area contributed by atoms with E-state index in [4.69, 9.17) is 5.73 Å². The molecule has 0 amide bonds. The molecule has 4 heteroatoms. The molecule has 0 unspecified atom stereocenters. The van der Waals surface area contributed by atoms with Crippen LogP contribution < -0.4 is 5.73 Å². The predicted molar refractivity (Wildman–Crippen MR) is 74.2 cm³/mol. The smallest absolute Gasteiger partial charge is 0.124 e. The highest BCUT2D eigenvalue weighted by atomic mass is 79.9. The summed E-state index contributed by atoms with van der Waals surface area (Å²) in [6.07, 6.45) is 0.871. The van der Waals surface area contributed by atoms with Crippen molar-refractivity contribution in [1.82, 2.24) is 0 Å². The van der Waals surface area contributed by atoms with Crippen molar-refractivity contribution >= 4 is 28.3 Å². The average Bonchev–Trinajstić information content (AvgIpc) is 2.11. The Balaban J connectivity index is 0.00000225. The number of phenols is 1. The van der Waals surface area contributed by atoms with E-state index in [1.165, 1.54) is 0 Å². The van der Waals surface area contributed by atoms with E-state index in [-0.39, 0.29) is 18.4 Å². The zero-order valence-electron chi connectivity index (χ0n) is 9.83. The maximum Gasteiger partial charge on any atom is 0.124 e. The van der Waals surface area contributed by atoms with Crippen LogP contribution in [-0.2, 0) is 0 Å². The quantitative estimate of drug-likeness (QED) is 0.888. The summed E-state index contributed by atoms with van der Waals surface area (Å²) in [5, 5.41) is 9.95. The van der Waals surface area contributed by atoms with Gasteiger partial charge >= 0.3 is 0 Å². The minimum absolute atomic E-state index is 0. The molecule has 16 heavy (non-hydrogen) atoms. The second-order valence-corrected chi connectivity index (χ2v) is 5.22. The first-order valence-electron chi connectivity index (χ1n) is 5.17. The van der Waals surface area contributed by atoms with Crippen LogP contribution in [-0.4, -0.2) is 5.11 Å². The highest BCUT2D eigenvalue weighted by molar-refractivity contribution is 9.10. The summed E-state index contributed by atoms with van der Waals surface area (Å²) in [6, 6.07) is 3.70. The molecule has 0 aliphatic carbocycles. The van der Waals surface area contributed by atoms with Gasteiger partial charge in [-0.1, -0.05) is 35.8 Å². The summed E-state index contributed by atoms with van der Waals surface area (Å²) < 4.78 is 0.888. The Morgan fingerprint density at radius 3 is 2.44 bits per heavy atom. The van der Waals surface area contributed by atoms with E-state index in [1.54, 1.807) is 0 Å². The second kappa shape index (κ2) is 6.48. The Morgan fingerprint density at radius 2 is 1.94 bits per heavy atom. The lowest BCUT2D eigenvalue weighted by Gasteiger charge is -2.18. The van der Waals surface area contributed by atoms with Gasteiger partial charge in [-0.25, -0.2) is 0 Å². The molecule has 1 atom stereocenters. The molecule has 0 radical (unpaired) electrons. The molecule has 0 spiro atoms. The van der Waals surface area contributed by atoms with Crippen LogP contribution in [0.2, 0.25) is 0 Å². The van der Waals surface area contributed by atoms with Crippen LogP contribution in [0.5, 0.6) is 5.75 Å². The molecule has 1 rings (SSSR count). The van der Waals surface area contributed by atoms with Gasteiger partial charge in [0.15, 0.2) is 0 Å². The van der Waals surface area contributed by atoms with Crippen LogP contribution in [0, 0.1) is 12.8 Å². The molecule has 0 heterocycles. The first kappa shape index (κ1) is 15.8. The van der Waals surface area contributed by atoms with Gasteiger partial charge in [-0.05, 0) is 30.9 Å². The van der Waals surface area contributed by atoms with Gasteiger partial charge in [0, 0.05) is 16.1 Å². The molecule has 0 saturated heterocycles. The van der Waals surface area contributed by atoms with Crippen LogP contribution >= 0.6 is 28.3 Å². The summed E-state index contributed by atoms with van der Waals surface area (Å²) in [7, 11) is 0. The van der Waals surface area contributed by atoms with Crippen molar-refractivity contribution in [3.8, 4) is 5.75 Å². The lowest BCUT2D eigenvalue weighted by molar-refractivity contribution is 0.441. The number of benzene rings is 1. The third-order valence-electron chi connectivity index (χ3n) is 2.46. The van der Waals surface area contributed by atoms with Crippen LogP contribution in [0.25, 0.3) is 0 Å². The summed E-state index contributed by atoms with van der Waals surface area (Å²) in [5.41, 5.74) is 7.77. The Morgan fingerprint density at radius 1 is 1.38 bits per heavy atom. The molecule has 0 aromatic heterocycles. The summed E-state index contributed by atoms with van der Waals surface area (Å²) >= 11 is 3.43. The fraction of sp³-hybridized carbons (Fsp3) is 0.500. The van der Waals surface area contributed by atoms with Gasteiger partial charge < -0.3 is 10.8 Å². The normalized spacial score (nSPS) is 12.4. The van der Waals surface area contributed by atoms with E-state index in [0.29, 0.717) is 11.7 Å². The topological polar surface area (TPSA) is 46.2 Å². The van der Waals surface area contributed by atoms with E-state index >= 15 is 0 Å². The van der Waals surface area contributed by atoms with Gasteiger partial charge in [0.25, 0.3) is 0 Å². The number of rotatable bonds is 3. The van der Waals surface area contributed by atoms with Crippen molar-refractivity contribution < 1.29 is 5.11 Å². The number of phenolic OH excluding ortho intramolecular Hbond substituents is 1. The number of aryl methyl sites for hydroxylation is 1. The third-order valence-corrected chi connectivity index (χ3v) is 3.15. The molecule has 0 saturated carbocycles. The Bertz CT molecular complexity index is 355. The van der Waals surface area contributed by atoms with Crippen molar-refractivity contribution in [2.75, 3.05) is 0 Å². The van der Waals surface area contributed by atoms with Gasteiger partial charge in [-0.15, -0.1) is 12.4 Å². The maximum absolute atomic E-state index is 9.95. The van der Waals surface area contributed by atoms with Crippen molar-refractivity contribution in [2.45, 2.75) is 33.2 Å². The molecule has 0 fully saturated rings. The maximum atomic E-state index is 9.95. The van der Waals surface area contributed by atoms with Crippen LogP contribution in [0.4, 0.5) is 0 Å². The predicted octanol–water partition coefficient (Wildman–Crippen LogP) is 3.93. The van der Waals surface area contributed by atoms with Crippen molar-refractivity contribution in [3.05, 3.63) is 27.7 Å². The molecule has 3 N–H and O–H groups in total. The molecule has 0 aliphatic heterocycles. The molecule has 1 aromatic rings. The minimum atomic E-state index is -0.112. The van der Waals surface area contributed by atoms with E-state index in [9.17, 15) is 5.11 Å². The molecule has 0 aliphatic rings. The van der Waals surface area contributed by atoms with Crippen LogP contribution in [0.1, 0.15) is 37.4 Å². The Labute approximate surface area is 112 Å². The van der Waals surface area contributed by atoms with Gasteiger partial charge in [0.1, 0.15) is 5.75 Å². The highest BCUT2D eigenvalue weighted by Crippen LogP contribution is 2.35. The Kier molecular flexibility index (Phi) is 6.38. The van der Waals surface area contributed by atoms with Gasteiger partial charge in [-0.3, -0.25) is 0 Å². The van der Waals surface area contributed by atoms with Gasteiger partial charge in [-0.2, -0.15) is 0 Å². The number of hydrogen-bond acceptors (Lipinski definition) is 2. The summed E-state index contributed by atoms with van der Waals surface area (Å²) in [4.78, 5) is 0.